The van der Waals surface area contributed by atoms with Gasteiger partial charge in [-0.3, -0.25) is 19.2 Å². The summed E-state index contributed by atoms with van der Waals surface area (Å²) in [7, 11) is 3.07. The fourth-order valence-corrected chi connectivity index (χ4v) is 4.19. The van der Waals surface area contributed by atoms with Crippen molar-refractivity contribution < 1.29 is 37.8 Å². The molecule has 1 aromatic heterocycles. The highest BCUT2D eigenvalue weighted by Crippen LogP contribution is 2.30. The minimum absolute atomic E-state index is 0.0664. The molecule has 1 fully saturated rings. The predicted molar refractivity (Wildman–Crippen MR) is 132 cm³/mol. The number of methoxy groups -OCH3 is 2. The molecule has 192 valence electrons. The summed E-state index contributed by atoms with van der Waals surface area (Å²) in [5, 5.41) is 0. The Morgan fingerprint density at radius 1 is 1.03 bits per heavy atom. The quantitative estimate of drug-likeness (QED) is 0.247. The minimum Gasteiger partial charge on any atom is -0.493 e. The summed E-state index contributed by atoms with van der Waals surface area (Å²) in [4.78, 5) is 53.3. The molecule has 10 nitrogen and oxygen atoms in total. The summed E-state index contributed by atoms with van der Waals surface area (Å²) < 4.78 is 20.9. The Bertz CT molecular complexity index is 1300. The Labute approximate surface area is 213 Å². The van der Waals surface area contributed by atoms with Gasteiger partial charge in [0.1, 0.15) is 11.8 Å². The first kappa shape index (κ1) is 25.5. The van der Waals surface area contributed by atoms with Crippen molar-refractivity contribution in [3.8, 4) is 17.2 Å². The van der Waals surface area contributed by atoms with Crippen LogP contribution in [0.15, 0.2) is 65.3 Å². The molecule has 0 N–H and O–H groups in total. The average molecular weight is 507 g/mol. The average Bonchev–Trinajstić information content (AvgIpc) is 3.52. The zero-order chi connectivity index (χ0) is 26.5. The maximum absolute atomic E-state index is 13.4. The number of hydrogen-bond acceptors (Lipinski definition) is 8. The van der Waals surface area contributed by atoms with Crippen LogP contribution in [-0.4, -0.2) is 55.4 Å². The molecule has 0 saturated carbocycles. The Morgan fingerprint density at radius 3 is 2.38 bits per heavy atom. The molecule has 1 aliphatic heterocycles. The summed E-state index contributed by atoms with van der Waals surface area (Å²) in [6.07, 6.45) is 1.59. The lowest BCUT2D eigenvalue weighted by Crippen LogP contribution is -2.46. The fourth-order valence-electron chi connectivity index (χ4n) is 4.19. The smallest absolute Gasteiger partial charge is 0.308 e. The van der Waals surface area contributed by atoms with E-state index in [-0.39, 0.29) is 24.5 Å². The normalized spacial score (nSPS) is 15.0. The largest absolute Gasteiger partial charge is 0.493 e. The Balaban J connectivity index is 1.58. The number of ether oxygens (including phenoxy) is 3. The van der Waals surface area contributed by atoms with Gasteiger partial charge < -0.3 is 23.5 Å². The molecule has 0 radical (unpaired) electrons. The maximum atomic E-state index is 13.4. The van der Waals surface area contributed by atoms with E-state index in [4.69, 9.17) is 18.6 Å². The second-order valence-electron chi connectivity index (χ2n) is 8.29. The zero-order valence-corrected chi connectivity index (χ0v) is 20.6. The van der Waals surface area contributed by atoms with E-state index < -0.39 is 29.7 Å². The van der Waals surface area contributed by atoms with Gasteiger partial charge in [-0.05, 0) is 60.5 Å². The van der Waals surface area contributed by atoms with E-state index in [0.717, 1.165) is 10.5 Å². The molecule has 0 spiro atoms. The van der Waals surface area contributed by atoms with Gasteiger partial charge in [-0.25, -0.2) is 4.90 Å². The third-order valence-electron chi connectivity index (χ3n) is 5.94. The second-order valence-corrected chi connectivity index (χ2v) is 8.29. The predicted octanol–water partition coefficient (Wildman–Crippen LogP) is 3.24. The lowest BCUT2D eigenvalue weighted by molar-refractivity contribution is -0.132. The molecule has 2 aromatic carbocycles. The molecule has 10 heteroatoms. The van der Waals surface area contributed by atoms with Gasteiger partial charge >= 0.3 is 5.97 Å². The number of carbonyl (C=O) groups excluding carboxylic acids is 4. The van der Waals surface area contributed by atoms with Crippen LogP contribution in [-0.2, 0) is 20.8 Å². The van der Waals surface area contributed by atoms with Crippen molar-refractivity contribution in [2.24, 2.45) is 0 Å². The van der Waals surface area contributed by atoms with Crippen molar-refractivity contribution in [1.82, 2.24) is 4.90 Å². The van der Waals surface area contributed by atoms with Crippen molar-refractivity contribution in [2.45, 2.75) is 25.8 Å². The Morgan fingerprint density at radius 2 is 1.76 bits per heavy atom. The van der Waals surface area contributed by atoms with Crippen molar-refractivity contribution in [1.29, 1.82) is 0 Å². The number of rotatable bonds is 9. The van der Waals surface area contributed by atoms with Crippen LogP contribution in [0.2, 0.25) is 0 Å². The highest BCUT2D eigenvalue weighted by molar-refractivity contribution is 6.23. The molecule has 0 aliphatic carbocycles. The van der Waals surface area contributed by atoms with E-state index in [2.05, 4.69) is 0 Å². The minimum atomic E-state index is -1.02. The van der Waals surface area contributed by atoms with E-state index >= 15 is 0 Å². The molecule has 2 heterocycles. The van der Waals surface area contributed by atoms with Crippen LogP contribution in [0.3, 0.4) is 0 Å². The number of imide groups is 1. The summed E-state index contributed by atoms with van der Waals surface area (Å²) in [5.74, 6) is -0.489. The van der Waals surface area contributed by atoms with E-state index in [1.165, 1.54) is 55.5 Å². The van der Waals surface area contributed by atoms with Crippen LogP contribution in [0.5, 0.6) is 17.2 Å². The standard InChI is InChI=1S/C27H26N2O8/c1-17(30)37-20-9-7-19(8-10-20)29-25(31)16-21(26(29)32)28(27(33)23-5-4-14-36-23)13-12-18-6-11-22(34-2)24(15-18)35-3/h4-11,14-15,21H,12-13,16H2,1-3H3. The van der Waals surface area contributed by atoms with E-state index in [9.17, 15) is 19.2 Å². The number of nitrogens with zero attached hydrogens (tertiary/aromatic N) is 2. The number of anilines is 1. The van der Waals surface area contributed by atoms with Gasteiger partial charge in [0.2, 0.25) is 5.91 Å². The molecule has 3 aromatic rings. The van der Waals surface area contributed by atoms with E-state index in [1.54, 1.807) is 25.3 Å². The zero-order valence-electron chi connectivity index (χ0n) is 20.6. The third kappa shape index (κ3) is 5.48. The van der Waals surface area contributed by atoms with Crippen LogP contribution in [0.1, 0.15) is 29.5 Å². The van der Waals surface area contributed by atoms with Gasteiger partial charge in [-0.15, -0.1) is 0 Å². The number of hydrogen-bond donors (Lipinski definition) is 0. The lowest BCUT2D eigenvalue weighted by atomic mass is 10.1. The van der Waals surface area contributed by atoms with Gasteiger partial charge in [0.05, 0.1) is 32.6 Å². The fraction of sp³-hybridized carbons (Fsp3) is 0.259. The van der Waals surface area contributed by atoms with Crippen LogP contribution in [0.4, 0.5) is 5.69 Å². The number of furan rings is 1. The first-order valence-electron chi connectivity index (χ1n) is 11.5. The number of amides is 3. The molecule has 3 amide bonds. The summed E-state index contributed by atoms with van der Waals surface area (Å²) in [6.45, 7) is 1.43. The van der Waals surface area contributed by atoms with Crippen LogP contribution in [0.25, 0.3) is 0 Å². The Hall–Kier alpha value is -4.60. The van der Waals surface area contributed by atoms with Gasteiger partial charge in [0.15, 0.2) is 17.3 Å². The molecule has 0 bridgehead atoms. The van der Waals surface area contributed by atoms with Gasteiger partial charge in [-0.1, -0.05) is 6.07 Å². The van der Waals surface area contributed by atoms with Crippen LogP contribution in [0, 0.1) is 0 Å². The summed E-state index contributed by atoms with van der Waals surface area (Å²) >= 11 is 0. The first-order valence-corrected chi connectivity index (χ1v) is 11.5. The monoisotopic (exact) mass is 506 g/mol. The highest BCUT2D eigenvalue weighted by Gasteiger charge is 2.44. The SMILES string of the molecule is COc1ccc(CCN(C(=O)c2ccco2)C2CC(=O)N(c3ccc(OC(C)=O)cc3)C2=O)cc1OC. The molecule has 1 atom stereocenters. The molecule has 1 saturated heterocycles. The van der Waals surface area contributed by atoms with Crippen molar-refractivity contribution in [2.75, 3.05) is 25.7 Å². The van der Waals surface area contributed by atoms with E-state index in [1.807, 2.05) is 6.07 Å². The topological polar surface area (TPSA) is 116 Å². The summed E-state index contributed by atoms with van der Waals surface area (Å²) in [6, 6.07) is 13.5. The molecule has 4 rings (SSSR count). The molecule has 1 unspecified atom stereocenters. The molecular weight excluding hydrogens is 480 g/mol. The number of benzene rings is 2. The van der Waals surface area contributed by atoms with Gasteiger partial charge in [0.25, 0.3) is 11.8 Å². The third-order valence-corrected chi connectivity index (χ3v) is 5.94. The first-order chi connectivity index (χ1) is 17.8. The number of carbonyl (C=O) groups is 4. The lowest BCUT2D eigenvalue weighted by Gasteiger charge is -2.27. The van der Waals surface area contributed by atoms with E-state index in [0.29, 0.717) is 23.6 Å². The molecular formula is C27H26N2O8. The maximum Gasteiger partial charge on any atom is 0.308 e. The van der Waals surface area contributed by atoms with Gasteiger partial charge in [-0.2, -0.15) is 0 Å². The molecule has 1 aliphatic rings. The van der Waals surface area contributed by atoms with Gasteiger partial charge in [0, 0.05) is 13.5 Å². The van der Waals surface area contributed by atoms with Crippen molar-refractivity contribution in [3.63, 3.8) is 0 Å². The van der Waals surface area contributed by atoms with Crippen LogP contribution < -0.4 is 19.1 Å². The van der Waals surface area contributed by atoms with Crippen molar-refractivity contribution in [3.05, 3.63) is 72.2 Å². The second kappa shape index (κ2) is 11.0. The number of esters is 1. The highest BCUT2D eigenvalue weighted by atomic mass is 16.5. The Kier molecular flexibility index (Phi) is 7.57. The molecule has 37 heavy (non-hydrogen) atoms. The summed E-state index contributed by atoms with van der Waals surface area (Å²) in [5.41, 5.74) is 1.17. The van der Waals surface area contributed by atoms with Crippen LogP contribution >= 0.6 is 0 Å². The van der Waals surface area contributed by atoms with Crippen molar-refractivity contribution >= 4 is 29.4 Å².